The summed E-state index contributed by atoms with van der Waals surface area (Å²) in [5.41, 5.74) is 6.00. The molecule has 1 saturated heterocycles. The number of primary amides is 1. The minimum atomic E-state index is -0.688. The fraction of sp³-hybridized carbons (Fsp3) is 0.308. The second kappa shape index (κ2) is 4.13. The van der Waals surface area contributed by atoms with E-state index in [0.29, 0.717) is 36.8 Å². The van der Waals surface area contributed by atoms with Crippen LogP contribution >= 0.6 is 0 Å². The average molecular weight is 271 g/mol. The van der Waals surface area contributed by atoms with Gasteiger partial charge in [0.1, 0.15) is 11.4 Å². The number of hydrogen-bond acceptors (Lipinski definition) is 6. The van der Waals surface area contributed by atoms with Crippen molar-refractivity contribution in [3.05, 3.63) is 30.1 Å². The van der Waals surface area contributed by atoms with Gasteiger partial charge in [0.25, 0.3) is 5.91 Å². The zero-order valence-corrected chi connectivity index (χ0v) is 10.7. The summed E-state index contributed by atoms with van der Waals surface area (Å²) in [4.78, 5) is 16.9. The molecule has 7 nitrogen and oxygen atoms in total. The van der Waals surface area contributed by atoms with Gasteiger partial charge in [0.2, 0.25) is 5.88 Å². The van der Waals surface area contributed by atoms with Gasteiger partial charge in [0, 0.05) is 13.0 Å². The number of hydrogen-bond donors (Lipinski definition) is 2. The quantitative estimate of drug-likeness (QED) is 0.717. The van der Waals surface area contributed by atoms with Crippen molar-refractivity contribution in [3.8, 4) is 12.1 Å². The summed E-state index contributed by atoms with van der Waals surface area (Å²) in [6.45, 7) is 5.00. The first-order chi connectivity index (χ1) is 9.54. The van der Waals surface area contributed by atoms with E-state index in [4.69, 9.17) is 15.7 Å². The largest absolute Gasteiger partial charge is 0.461 e. The molecule has 3 rings (SSSR count). The van der Waals surface area contributed by atoms with Crippen molar-refractivity contribution in [3.63, 3.8) is 0 Å². The Morgan fingerprint density at radius 3 is 3.10 bits per heavy atom. The Hall–Kier alpha value is -2.75. The van der Waals surface area contributed by atoms with E-state index < -0.39 is 11.5 Å². The second-order valence-electron chi connectivity index (χ2n) is 4.88. The first-order valence-electron chi connectivity index (χ1n) is 6.15. The third-order valence-corrected chi connectivity index (χ3v) is 3.61. The molecule has 0 aromatic carbocycles. The number of likely N-dealkylation sites (tertiary alicyclic amines) is 1. The Morgan fingerprint density at radius 2 is 2.45 bits per heavy atom. The molecule has 1 aromatic rings. The van der Waals surface area contributed by atoms with Crippen molar-refractivity contribution in [1.29, 1.82) is 5.26 Å². The van der Waals surface area contributed by atoms with Crippen LogP contribution in [0.1, 0.15) is 16.9 Å². The molecule has 7 heteroatoms. The maximum absolute atomic E-state index is 11.2. The molecule has 1 atom stereocenters. The summed E-state index contributed by atoms with van der Waals surface area (Å²) in [6, 6.07) is 3.20. The average Bonchev–Trinajstić information content (AvgIpc) is 2.84. The summed E-state index contributed by atoms with van der Waals surface area (Å²) < 4.78 is 5.94. The molecule has 1 unspecified atom stereocenters. The highest BCUT2D eigenvalue weighted by molar-refractivity contribution is 5.91. The van der Waals surface area contributed by atoms with Crippen LogP contribution in [-0.2, 0) is 0 Å². The van der Waals surface area contributed by atoms with Gasteiger partial charge in [-0.15, -0.1) is 0 Å². The van der Waals surface area contributed by atoms with Gasteiger partial charge in [-0.2, -0.15) is 5.26 Å². The van der Waals surface area contributed by atoms with Crippen molar-refractivity contribution in [2.75, 3.05) is 18.4 Å². The molecule has 0 saturated carbocycles. The number of fused-ring (bicyclic) bond motifs is 1. The summed E-state index contributed by atoms with van der Waals surface area (Å²) in [5.74, 6) is -0.298. The third kappa shape index (κ3) is 1.73. The molecule has 3 N–H and O–H groups in total. The van der Waals surface area contributed by atoms with Crippen LogP contribution in [-0.4, -0.2) is 34.5 Å². The number of amides is 1. The number of aromatic nitrogens is 1. The second-order valence-corrected chi connectivity index (χ2v) is 4.88. The number of nitrogens with two attached hydrogens (primary N) is 1. The van der Waals surface area contributed by atoms with E-state index in [1.54, 1.807) is 11.0 Å². The lowest BCUT2D eigenvalue weighted by Gasteiger charge is -2.36. The number of carbonyl (C=O) groups is 1. The maximum Gasteiger partial charge on any atom is 0.267 e. The van der Waals surface area contributed by atoms with Crippen LogP contribution in [0, 0.1) is 11.5 Å². The number of pyridine rings is 1. The van der Waals surface area contributed by atoms with E-state index in [2.05, 4.69) is 23.1 Å². The molecule has 0 radical (unpaired) electrons. The fourth-order valence-corrected chi connectivity index (χ4v) is 2.47. The van der Waals surface area contributed by atoms with Gasteiger partial charge in [-0.05, 0) is 12.1 Å². The van der Waals surface area contributed by atoms with Gasteiger partial charge >= 0.3 is 0 Å². The first-order valence-corrected chi connectivity index (χ1v) is 6.15. The van der Waals surface area contributed by atoms with E-state index in [-0.39, 0.29) is 5.69 Å². The van der Waals surface area contributed by atoms with Gasteiger partial charge in [0.05, 0.1) is 12.2 Å². The van der Waals surface area contributed by atoms with Crippen molar-refractivity contribution < 1.29 is 9.53 Å². The van der Waals surface area contributed by atoms with Crippen LogP contribution < -0.4 is 15.8 Å². The predicted octanol–water partition coefficient (Wildman–Crippen LogP) is 0.424. The zero-order valence-electron chi connectivity index (χ0n) is 10.7. The molecule has 1 spiro atoms. The maximum atomic E-state index is 11.2. The normalized spacial score (nSPS) is 23.8. The Kier molecular flexibility index (Phi) is 2.54. The molecule has 1 amide bonds. The monoisotopic (exact) mass is 271 g/mol. The summed E-state index contributed by atoms with van der Waals surface area (Å²) in [7, 11) is 0. The van der Waals surface area contributed by atoms with Crippen LogP contribution in [0.3, 0.4) is 0 Å². The Morgan fingerprint density at radius 1 is 1.65 bits per heavy atom. The lowest BCUT2D eigenvalue weighted by Crippen LogP contribution is -2.45. The third-order valence-electron chi connectivity index (χ3n) is 3.61. The van der Waals surface area contributed by atoms with Gasteiger partial charge in [-0.25, -0.2) is 4.98 Å². The lowest BCUT2D eigenvalue weighted by atomic mass is 9.97. The highest BCUT2D eigenvalue weighted by Crippen LogP contribution is 2.40. The Balaban J connectivity index is 1.97. The highest BCUT2D eigenvalue weighted by Gasteiger charge is 2.46. The number of anilines is 1. The standard InChI is InChI=1S/C13H13N5O2/c1-8-13(4-5-18(6-13)7-14)20-12-10(16-8)3-2-9(17-12)11(15)19/h2-3,16H,1,4-6H2,(H2,15,19). The number of nitriles is 1. The number of ether oxygens (including phenoxy) is 1. The molecule has 1 aromatic heterocycles. The SMILES string of the molecule is C=C1Nc2ccc(C(N)=O)nc2OC12CCN(C#N)C2. The molecule has 0 bridgehead atoms. The van der Waals surface area contributed by atoms with E-state index in [1.165, 1.54) is 6.07 Å². The molecule has 0 aliphatic carbocycles. The van der Waals surface area contributed by atoms with Crippen LogP contribution in [0.5, 0.6) is 5.88 Å². The van der Waals surface area contributed by atoms with Gasteiger partial charge in [-0.1, -0.05) is 6.58 Å². The minimum absolute atomic E-state index is 0.142. The molecule has 2 aliphatic rings. The van der Waals surface area contributed by atoms with E-state index in [1.807, 2.05) is 0 Å². The highest BCUT2D eigenvalue weighted by atomic mass is 16.5. The topological polar surface area (TPSA) is 104 Å². The number of carbonyl (C=O) groups excluding carboxylic acids is 1. The lowest BCUT2D eigenvalue weighted by molar-refractivity contribution is 0.0977. The van der Waals surface area contributed by atoms with Crippen LogP contribution in [0.2, 0.25) is 0 Å². The van der Waals surface area contributed by atoms with E-state index in [9.17, 15) is 4.79 Å². The van der Waals surface area contributed by atoms with Crippen LogP contribution in [0.4, 0.5) is 5.69 Å². The summed E-state index contributed by atoms with van der Waals surface area (Å²) in [6.07, 6.45) is 2.73. The van der Waals surface area contributed by atoms with E-state index in [0.717, 1.165) is 0 Å². The molecular weight excluding hydrogens is 258 g/mol. The first kappa shape index (κ1) is 12.3. The Bertz CT molecular complexity index is 651. The molecule has 20 heavy (non-hydrogen) atoms. The molecule has 3 heterocycles. The molecule has 2 aliphatic heterocycles. The predicted molar refractivity (Wildman–Crippen MR) is 70.7 cm³/mol. The van der Waals surface area contributed by atoms with Gasteiger partial charge < -0.3 is 20.7 Å². The van der Waals surface area contributed by atoms with E-state index >= 15 is 0 Å². The fourth-order valence-electron chi connectivity index (χ4n) is 2.47. The number of rotatable bonds is 1. The van der Waals surface area contributed by atoms with Gasteiger partial charge in [0.15, 0.2) is 11.8 Å². The summed E-state index contributed by atoms with van der Waals surface area (Å²) in [5, 5.41) is 12.1. The van der Waals surface area contributed by atoms with Gasteiger partial charge in [-0.3, -0.25) is 4.79 Å². The Labute approximate surface area is 115 Å². The molecule has 102 valence electrons. The molecule has 1 fully saturated rings. The van der Waals surface area contributed by atoms with Crippen molar-refractivity contribution in [2.24, 2.45) is 5.73 Å². The van der Waals surface area contributed by atoms with Crippen molar-refractivity contribution >= 4 is 11.6 Å². The minimum Gasteiger partial charge on any atom is -0.461 e. The zero-order chi connectivity index (χ0) is 14.3. The summed E-state index contributed by atoms with van der Waals surface area (Å²) >= 11 is 0. The number of nitrogens with zero attached hydrogens (tertiary/aromatic N) is 3. The van der Waals surface area contributed by atoms with Crippen LogP contribution in [0.15, 0.2) is 24.4 Å². The van der Waals surface area contributed by atoms with Crippen LogP contribution in [0.25, 0.3) is 0 Å². The van der Waals surface area contributed by atoms with Crippen molar-refractivity contribution in [2.45, 2.75) is 12.0 Å². The smallest absolute Gasteiger partial charge is 0.267 e. The van der Waals surface area contributed by atoms with Crippen molar-refractivity contribution in [1.82, 2.24) is 9.88 Å². The number of nitrogens with one attached hydrogen (secondary N) is 1. The molecular formula is C13H13N5O2.